The van der Waals surface area contributed by atoms with Gasteiger partial charge < -0.3 is 14.9 Å². The largest absolute Gasteiger partial charge is 0.508 e. The number of phenolic OH excluding ortho intramolecular Hbond substituents is 1. The van der Waals surface area contributed by atoms with Gasteiger partial charge in [-0.15, -0.1) is 0 Å². The van der Waals surface area contributed by atoms with E-state index in [2.05, 4.69) is 0 Å². The Bertz CT molecular complexity index is 834. The number of carbonyl (C=O) groups is 2. The second kappa shape index (κ2) is 6.81. The predicted molar refractivity (Wildman–Crippen MR) is 104 cm³/mol. The number of likely N-dealkylation sites (tertiary alicyclic amines) is 1. The third kappa shape index (κ3) is 2.83. The molecule has 0 radical (unpaired) electrons. The second-order valence-electron chi connectivity index (χ2n) is 9.40. The van der Waals surface area contributed by atoms with Crippen LogP contribution < -0.4 is 0 Å². The van der Waals surface area contributed by atoms with E-state index in [4.69, 9.17) is 4.74 Å². The van der Waals surface area contributed by atoms with Crippen LogP contribution in [0.4, 0.5) is 0 Å². The maximum Gasteiger partial charge on any atom is 0.233 e. The van der Waals surface area contributed by atoms with E-state index in [0.29, 0.717) is 12.8 Å². The van der Waals surface area contributed by atoms with Gasteiger partial charge in [0, 0.05) is 17.9 Å². The summed E-state index contributed by atoms with van der Waals surface area (Å²) in [5.74, 6) is -2.93. The molecule has 4 fully saturated rings. The molecule has 4 aliphatic rings. The van der Waals surface area contributed by atoms with Crippen molar-refractivity contribution >= 4 is 11.8 Å². The summed E-state index contributed by atoms with van der Waals surface area (Å²) in [7, 11) is 0. The van der Waals surface area contributed by atoms with Crippen molar-refractivity contribution in [3.8, 4) is 5.75 Å². The van der Waals surface area contributed by atoms with Gasteiger partial charge in [0.15, 0.2) is 5.79 Å². The standard InChI is InChI=1S/C23H29NO5/c1-13-10-17-20(22(27)24(21(17)26)15-7-3-2-4-8-15)18-12-19(29-23(13,18)28)14-6-5-9-16(25)11-14/h5-6,9,11,13,15,17-20,25,28H,2-4,7-8,10,12H2,1H3/t13-,17-,18-,19-,20-,23+/m0/s1. The lowest BCUT2D eigenvalue weighted by Gasteiger charge is -2.43. The molecule has 0 unspecified atom stereocenters. The summed E-state index contributed by atoms with van der Waals surface area (Å²) in [5, 5.41) is 21.3. The van der Waals surface area contributed by atoms with Gasteiger partial charge in [0.1, 0.15) is 5.75 Å². The highest BCUT2D eigenvalue weighted by atomic mass is 16.6. The predicted octanol–water partition coefficient (Wildman–Crippen LogP) is 3.13. The molecule has 2 aliphatic heterocycles. The lowest BCUT2D eigenvalue weighted by Crippen LogP contribution is -2.52. The molecule has 0 bridgehead atoms. The zero-order chi connectivity index (χ0) is 20.3. The zero-order valence-corrected chi connectivity index (χ0v) is 16.8. The first-order chi connectivity index (χ1) is 13.9. The number of hydrogen-bond donors (Lipinski definition) is 2. The number of phenols is 1. The van der Waals surface area contributed by atoms with Gasteiger partial charge in [0.2, 0.25) is 11.8 Å². The molecule has 6 atom stereocenters. The van der Waals surface area contributed by atoms with Crippen LogP contribution in [0.2, 0.25) is 0 Å². The molecule has 0 spiro atoms. The van der Waals surface area contributed by atoms with E-state index in [1.165, 1.54) is 6.42 Å². The van der Waals surface area contributed by atoms with Crippen LogP contribution in [0, 0.1) is 23.7 Å². The van der Waals surface area contributed by atoms with E-state index in [1.807, 2.05) is 13.0 Å². The Kier molecular flexibility index (Phi) is 4.48. The molecule has 0 aromatic heterocycles. The molecule has 2 aliphatic carbocycles. The highest BCUT2D eigenvalue weighted by Gasteiger charge is 2.66. The van der Waals surface area contributed by atoms with E-state index in [0.717, 1.165) is 31.2 Å². The smallest absolute Gasteiger partial charge is 0.233 e. The van der Waals surface area contributed by atoms with Gasteiger partial charge in [-0.05, 0) is 43.4 Å². The van der Waals surface area contributed by atoms with Crippen molar-refractivity contribution in [3.63, 3.8) is 0 Å². The number of nitrogens with zero attached hydrogens (tertiary/aromatic N) is 1. The number of rotatable bonds is 2. The zero-order valence-electron chi connectivity index (χ0n) is 16.8. The minimum absolute atomic E-state index is 0.0157. The quantitative estimate of drug-likeness (QED) is 0.746. The Hall–Kier alpha value is -1.92. The number of ether oxygens (including phenoxy) is 1. The molecule has 2 saturated heterocycles. The number of fused-ring (bicyclic) bond motifs is 3. The Morgan fingerprint density at radius 3 is 2.59 bits per heavy atom. The van der Waals surface area contributed by atoms with E-state index >= 15 is 0 Å². The highest BCUT2D eigenvalue weighted by Crippen LogP contribution is 2.58. The van der Waals surface area contributed by atoms with Crippen molar-refractivity contribution < 1.29 is 24.5 Å². The number of benzene rings is 1. The van der Waals surface area contributed by atoms with Crippen molar-refractivity contribution in [3.05, 3.63) is 29.8 Å². The Labute approximate surface area is 170 Å². The van der Waals surface area contributed by atoms with Crippen LogP contribution in [-0.4, -0.2) is 38.8 Å². The SMILES string of the molecule is C[C@H]1C[C@@H]2C(=O)N(C3CCCCC3)C(=O)[C@@H]2[C@@H]2C[C@@H](c3cccc(O)c3)O[C@]12O. The first-order valence-corrected chi connectivity index (χ1v) is 11.0. The van der Waals surface area contributed by atoms with Gasteiger partial charge in [0.05, 0.1) is 17.9 Å². The van der Waals surface area contributed by atoms with Gasteiger partial charge in [-0.2, -0.15) is 0 Å². The molecular formula is C23H29NO5. The molecule has 156 valence electrons. The van der Waals surface area contributed by atoms with Crippen molar-refractivity contribution in [2.75, 3.05) is 0 Å². The topological polar surface area (TPSA) is 87.1 Å². The van der Waals surface area contributed by atoms with Crippen molar-refractivity contribution in [1.82, 2.24) is 4.90 Å². The maximum atomic E-state index is 13.4. The Balaban J connectivity index is 1.46. The molecule has 2 N–H and O–H groups in total. The summed E-state index contributed by atoms with van der Waals surface area (Å²) in [6.45, 7) is 1.91. The molecule has 6 heteroatoms. The lowest BCUT2D eigenvalue weighted by molar-refractivity contribution is -0.265. The van der Waals surface area contributed by atoms with E-state index in [-0.39, 0.29) is 35.4 Å². The third-order valence-corrected chi connectivity index (χ3v) is 7.77. The van der Waals surface area contributed by atoms with Crippen LogP contribution in [0.3, 0.4) is 0 Å². The van der Waals surface area contributed by atoms with Gasteiger partial charge in [-0.25, -0.2) is 0 Å². The molecule has 2 saturated carbocycles. The van der Waals surface area contributed by atoms with Crippen molar-refractivity contribution in [2.45, 2.75) is 69.8 Å². The molecule has 2 amide bonds. The van der Waals surface area contributed by atoms with Crippen LogP contribution in [0.15, 0.2) is 24.3 Å². The molecule has 5 rings (SSSR count). The third-order valence-electron chi connectivity index (χ3n) is 7.77. The minimum Gasteiger partial charge on any atom is -0.508 e. The summed E-state index contributed by atoms with van der Waals surface area (Å²) >= 11 is 0. The summed E-state index contributed by atoms with van der Waals surface area (Å²) in [6.07, 6.45) is 5.62. The summed E-state index contributed by atoms with van der Waals surface area (Å²) in [5.41, 5.74) is 0.789. The van der Waals surface area contributed by atoms with E-state index in [9.17, 15) is 19.8 Å². The number of carbonyl (C=O) groups excluding carboxylic acids is 2. The molecular weight excluding hydrogens is 370 g/mol. The van der Waals surface area contributed by atoms with Crippen molar-refractivity contribution in [2.24, 2.45) is 23.7 Å². The van der Waals surface area contributed by atoms with Crippen LogP contribution in [0.1, 0.15) is 63.5 Å². The number of imide groups is 1. The normalized spacial score (nSPS) is 40.2. The van der Waals surface area contributed by atoms with Gasteiger partial charge in [-0.3, -0.25) is 14.5 Å². The minimum atomic E-state index is -1.42. The molecule has 1 aromatic carbocycles. The van der Waals surface area contributed by atoms with Gasteiger partial charge >= 0.3 is 0 Å². The summed E-state index contributed by atoms with van der Waals surface area (Å²) in [4.78, 5) is 28.2. The fourth-order valence-electron chi connectivity index (χ4n) is 6.30. The first-order valence-electron chi connectivity index (χ1n) is 11.0. The molecule has 1 aromatic rings. The fraction of sp³-hybridized carbons (Fsp3) is 0.652. The average molecular weight is 399 g/mol. The summed E-state index contributed by atoms with van der Waals surface area (Å²) in [6, 6.07) is 6.87. The Morgan fingerprint density at radius 2 is 1.86 bits per heavy atom. The number of aliphatic hydroxyl groups is 1. The number of amides is 2. The van der Waals surface area contributed by atoms with Crippen LogP contribution in [-0.2, 0) is 14.3 Å². The van der Waals surface area contributed by atoms with E-state index < -0.39 is 23.7 Å². The summed E-state index contributed by atoms with van der Waals surface area (Å²) < 4.78 is 6.14. The maximum absolute atomic E-state index is 13.4. The van der Waals surface area contributed by atoms with Crippen molar-refractivity contribution in [1.29, 1.82) is 0 Å². The first kappa shape index (κ1) is 19.1. The second-order valence-corrected chi connectivity index (χ2v) is 9.40. The monoisotopic (exact) mass is 399 g/mol. The molecule has 2 heterocycles. The van der Waals surface area contributed by atoms with Crippen LogP contribution in [0.5, 0.6) is 5.75 Å². The lowest BCUT2D eigenvalue weighted by atomic mass is 9.65. The van der Waals surface area contributed by atoms with Gasteiger partial charge in [0.25, 0.3) is 0 Å². The average Bonchev–Trinajstić information content (AvgIpc) is 3.18. The highest BCUT2D eigenvalue weighted by molar-refractivity contribution is 6.05. The molecule has 6 nitrogen and oxygen atoms in total. The van der Waals surface area contributed by atoms with Crippen LogP contribution in [0.25, 0.3) is 0 Å². The number of hydrogen-bond acceptors (Lipinski definition) is 5. The fourth-order valence-corrected chi connectivity index (χ4v) is 6.30. The van der Waals surface area contributed by atoms with Crippen LogP contribution >= 0.6 is 0 Å². The number of aromatic hydroxyl groups is 1. The van der Waals surface area contributed by atoms with E-state index in [1.54, 1.807) is 23.1 Å². The Morgan fingerprint density at radius 1 is 1.10 bits per heavy atom. The van der Waals surface area contributed by atoms with Gasteiger partial charge in [-0.1, -0.05) is 38.3 Å². The molecule has 29 heavy (non-hydrogen) atoms.